The minimum absolute atomic E-state index is 0.255. The van der Waals surface area contributed by atoms with Crippen molar-refractivity contribution in [3.63, 3.8) is 0 Å². The third-order valence-electron chi connectivity index (χ3n) is 5.21. The van der Waals surface area contributed by atoms with Crippen LogP contribution in [0.4, 0.5) is 10.1 Å². The topological polar surface area (TPSA) is 65.4 Å². The van der Waals surface area contributed by atoms with E-state index >= 15 is 0 Å². The van der Waals surface area contributed by atoms with E-state index in [-0.39, 0.29) is 17.6 Å². The van der Waals surface area contributed by atoms with Crippen LogP contribution in [0.25, 0.3) is 0 Å². The van der Waals surface area contributed by atoms with Crippen LogP contribution in [0.5, 0.6) is 11.5 Å². The molecule has 1 atom stereocenters. The number of nitrogens with zero attached hydrogens (tertiary/aromatic N) is 2. The molecule has 0 bridgehead atoms. The van der Waals surface area contributed by atoms with Gasteiger partial charge in [0.05, 0.1) is 14.2 Å². The maximum atomic E-state index is 13.0. The summed E-state index contributed by atoms with van der Waals surface area (Å²) in [4.78, 5) is 17.0. The fourth-order valence-electron chi connectivity index (χ4n) is 3.69. The monoisotopic (exact) mass is 395 g/mol. The molecule has 0 radical (unpaired) electrons. The van der Waals surface area contributed by atoms with Gasteiger partial charge in [0, 0.05) is 36.8 Å². The van der Waals surface area contributed by atoms with Crippen molar-refractivity contribution in [2.45, 2.75) is 25.3 Å². The highest BCUT2D eigenvalue weighted by atomic mass is 19.1. The van der Waals surface area contributed by atoms with Gasteiger partial charge in [0.2, 0.25) is 0 Å². The molecule has 6 nitrogen and oxygen atoms in total. The van der Waals surface area contributed by atoms with Gasteiger partial charge in [-0.3, -0.25) is 4.79 Å². The number of methoxy groups -OCH3 is 2. The second-order valence-corrected chi connectivity index (χ2v) is 7.00. The maximum Gasteiger partial charge on any atom is 0.275 e. The lowest BCUT2D eigenvalue weighted by Gasteiger charge is -2.25. The summed E-state index contributed by atoms with van der Waals surface area (Å²) in [6, 6.07) is 11.5. The van der Waals surface area contributed by atoms with Crippen LogP contribution < -0.4 is 14.8 Å². The van der Waals surface area contributed by atoms with Crippen LogP contribution in [0, 0.1) is 5.82 Å². The van der Waals surface area contributed by atoms with Crippen molar-refractivity contribution in [2.24, 2.45) is 0 Å². The number of aromatic nitrogens is 2. The first-order chi connectivity index (χ1) is 14.1. The quantitative estimate of drug-likeness (QED) is 0.709. The number of halogens is 1. The Labute approximate surface area is 168 Å². The van der Waals surface area contributed by atoms with Gasteiger partial charge in [-0.25, -0.2) is 9.37 Å². The molecule has 2 aromatic carbocycles. The molecular formula is C22H22FN3O3. The Hall–Kier alpha value is -3.35. The van der Waals surface area contributed by atoms with Crippen LogP contribution in [-0.4, -0.2) is 29.7 Å². The van der Waals surface area contributed by atoms with Crippen LogP contribution in [0.15, 0.2) is 48.7 Å². The average molecular weight is 395 g/mol. The number of amides is 1. The van der Waals surface area contributed by atoms with Gasteiger partial charge in [0.1, 0.15) is 28.8 Å². The Morgan fingerprint density at radius 3 is 2.69 bits per heavy atom. The molecule has 7 heteroatoms. The minimum atomic E-state index is -0.347. The molecule has 1 unspecified atom stereocenters. The van der Waals surface area contributed by atoms with Crippen LogP contribution in [-0.2, 0) is 13.0 Å². The summed E-state index contributed by atoms with van der Waals surface area (Å²) in [6.07, 6.45) is 3.46. The third kappa shape index (κ3) is 3.94. The summed E-state index contributed by atoms with van der Waals surface area (Å²) in [5.41, 5.74) is 2.00. The van der Waals surface area contributed by atoms with Crippen LogP contribution in [0.1, 0.15) is 34.2 Å². The molecule has 1 amide bonds. The van der Waals surface area contributed by atoms with Gasteiger partial charge in [-0.1, -0.05) is 6.07 Å². The molecule has 2 heterocycles. The van der Waals surface area contributed by atoms with Crippen molar-refractivity contribution in [3.05, 3.63) is 71.6 Å². The zero-order valence-corrected chi connectivity index (χ0v) is 16.3. The Balaban J connectivity index is 1.51. The highest BCUT2D eigenvalue weighted by Crippen LogP contribution is 2.36. The molecule has 0 saturated carbocycles. The zero-order valence-electron chi connectivity index (χ0n) is 16.3. The number of imidazole rings is 1. The molecule has 1 aromatic heterocycles. The predicted molar refractivity (Wildman–Crippen MR) is 107 cm³/mol. The number of fused-ring (bicyclic) bond motifs is 1. The van der Waals surface area contributed by atoms with E-state index in [4.69, 9.17) is 9.47 Å². The number of carbonyl (C=O) groups is 1. The van der Waals surface area contributed by atoms with Gasteiger partial charge in [0.15, 0.2) is 0 Å². The largest absolute Gasteiger partial charge is 0.497 e. The number of rotatable bonds is 5. The fourth-order valence-corrected chi connectivity index (χ4v) is 3.69. The maximum absolute atomic E-state index is 13.0. The first-order valence-electron chi connectivity index (χ1n) is 9.42. The van der Waals surface area contributed by atoms with E-state index in [0.717, 1.165) is 42.3 Å². The van der Waals surface area contributed by atoms with Crippen molar-refractivity contribution in [1.29, 1.82) is 0 Å². The molecular weight excluding hydrogens is 373 g/mol. The van der Waals surface area contributed by atoms with E-state index in [2.05, 4.69) is 10.3 Å². The second-order valence-electron chi connectivity index (χ2n) is 7.00. The Morgan fingerprint density at radius 1 is 1.17 bits per heavy atom. The SMILES string of the molecule is COc1ccc(C2CCc3nc(C(=O)Nc4ccc(F)cc4)cn3C2)c(OC)c1. The lowest BCUT2D eigenvalue weighted by Crippen LogP contribution is -2.19. The summed E-state index contributed by atoms with van der Waals surface area (Å²) >= 11 is 0. The van der Waals surface area contributed by atoms with Gasteiger partial charge >= 0.3 is 0 Å². The molecule has 0 aliphatic carbocycles. The summed E-state index contributed by atoms with van der Waals surface area (Å²) in [7, 11) is 3.28. The molecule has 0 fully saturated rings. The zero-order chi connectivity index (χ0) is 20.4. The number of carbonyl (C=O) groups excluding carboxylic acids is 1. The van der Waals surface area contributed by atoms with Crippen molar-refractivity contribution in [1.82, 2.24) is 9.55 Å². The van der Waals surface area contributed by atoms with Gasteiger partial charge in [-0.2, -0.15) is 0 Å². The number of benzene rings is 2. The highest BCUT2D eigenvalue weighted by Gasteiger charge is 2.25. The number of nitrogens with one attached hydrogen (secondary N) is 1. The normalized spacial score (nSPS) is 15.5. The molecule has 1 aliphatic heterocycles. The highest BCUT2D eigenvalue weighted by molar-refractivity contribution is 6.02. The summed E-state index contributed by atoms with van der Waals surface area (Å²) in [6.45, 7) is 0.717. The van der Waals surface area contributed by atoms with E-state index < -0.39 is 0 Å². The summed E-state index contributed by atoms with van der Waals surface area (Å²) in [5, 5.41) is 2.75. The van der Waals surface area contributed by atoms with E-state index in [0.29, 0.717) is 11.4 Å². The van der Waals surface area contributed by atoms with E-state index in [9.17, 15) is 9.18 Å². The Kier molecular flexibility index (Phi) is 5.20. The molecule has 0 spiro atoms. The van der Waals surface area contributed by atoms with E-state index in [1.54, 1.807) is 20.4 Å². The molecule has 150 valence electrons. The van der Waals surface area contributed by atoms with E-state index in [1.807, 2.05) is 22.8 Å². The van der Waals surface area contributed by atoms with Crippen LogP contribution >= 0.6 is 0 Å². The first kappa shape index (κ1) is 19.0. The number of hydrogen-bond acceptors (Lipinski definition) is 4. The number of anilines is 1. The van der Waals surface area contributed by atoms with Crippen LogP contribution in [0.3, 0.4) is 0 Å². The smallest absolute Gasteiger partial charge is 0.275 e. The first-order valence-corrected chi connectivity index (χ1v) is 9.42. The van der Waals surface area contributed by atoms with Gasteiger partial charge in [-0.05, 0) is 42.3 Å². The Morgan fingerprint density at radius 2 is 1.97 bits per heavy atom. The number of aryl methyl sites for hydroxylation is 1. The van der Waals surface area contributed by atoms with Gasteiger partial charge in [0.25, 0.3) is 5.91 Å². The summed E-state index contributed by atoms with van der Waals surface area (Å²) in [5.74, 6) is 2.04. The second kappa shape index (κ2) is 7.95. The lowest BCUT2D eigenvalue weighted by molar-refractivity contribution is 0.102. The lowest BCUT2D eigenvalue weighted by atomic mass is 9.91. The standard InChI is InChI=1S/C22H22FN3O3/c1-28-17-8-9-18(20(11-17)29-2)14-3-10-21-25-19(13-26(21)12-14)22(27)24-16-6-4-15(23)5-7-16/h4-9,11,13-14H,3,10,12H2,1-2H3,(H,24,27). The predicted octanol–water partition coefficient (Wildman–Crippen LogP) is 4.02. The molecule has 1 aliphatic rings. The summed E-state index contributed by atoms with van der Waals surface area (Å²) < 4.78 is 25.9. The molecule has 29 heavy (non-hydrogen) atoms. The fraction of sp³-hybridized carbons (Fsp3) is 0.273. The van der Waals surface area contributed by atoms with Gasteiger partial charge < -0.3 is 19.4 Å². The van der Waals surface area contributed by atoms with Crippen molar-refractivity contribution in [3.8, 4) is 11.5 Å². The van der Waals surface area contributed by atoms with Crippen LogP contribution in [0.2, 0.25) is 0 Å². The minimum Gasteiger partial charge on any atom is -0.497 e. The molecule has 3 aromatic rings. The van der Waals surface area contributed by atoms with E-state index in [1.165, 1.54) is 24.3 Å². The van der Waals surface area contributed by atoms with Gasteiger partial charge in [-0.15, -0.1) is 0 Å². The third-order valence-corrected chi connectivity index (χ3v) is 5.21. The van der Waals surface area contributed by atoms with Crippen molar-refractivity contribution < 1.29 is 18.7 Å². The number of ether oxygens (including phenoxy) is 2. The van der Waals surface area contributed by atoms with Crippen molar-refractivity contribution in [2.75, 3.05) is 19.5 Å². The molecule has 1 N–H and O–H groups in total. The molecule has 0 saturated heterocycles. The van der Waals surface area contributed by atoms with Crippen molar-refractivity contribution >= 4 is 11.6 Å². The molecule has 4 rings (SSSR count). The number of hydrogen-bond donors (Lipinski definition) is 1. The Bertz CT molecular complexity index is 1030. The average Bonchev–Trinajstić information content (AvgIpc) is 3.18.